The van der Waals surface area contributed by atoms with Crippen LogP contribution in [0.3, 0.4) is 0 Å². The molecule has 17 heavy (non-hydrogen) atoms. The number of anilines is 1. The van der Waals surface area contributed by atoms with E-state index in [0.717, 1.165) is 5.69 Å². The first-order chi connectivity index (χ1) is 7.96. The van der Waals surface area contributed by atoms with Crippen LogP contribution in [0.15, 0.2) is 18.2 Å². The van der Waals surface area contributed by atoms with E-state index in [-0.39, 0.29) is 12.3 Å². The van der Waals surface area contributed by atoms with Gasteiger partial charge >= 0.3 is 0 Å². The average molecular weight is 260 g/mol. The Morgan fingerprint density at radius 1 is 1.24 bits per heavy atom. The van der Waals surface area contributed by atoms with Crippen molar-refractivity contribution < 1.29 is 17.9 Å². The molecule has 1 rings (SSSR count). The van der Waals surface area contributed by atoms with Crippen molar-refractivity contribution in [1.82, 2.24) is 0 Å². The molecule has 0 atom stereocenters. The van der Waals surface area contributed by atoms with Crippen LogP contribution in [0.25, 0.3) is 0 Å². The first kappa shape index (κ1) is 13.6. The summed E-state index contributed by atoms with van der Waals surface area (Å²) in [5.41, 5.74) is 0.742. The summed E-state index contributed by atoms with van der Waals surface area (Å²) in [6.07, 6.45) is 0. The summed E-state index contributed by atoms with van der Waals surface area (Å²) in [5.74, 6) is 1.07. The molecule has 0 saturated heterocycles. The van der Waals surface area contributed by atoms with Gasteiger partial charge < -0.3 is 14.8 Å². The minimum Gasteiger partial charge on any atom is -0.493 e. The van der Waals surface area contributed by atoms with Gasteiger partial charge in [0.2, 0.25) is 10.0 Å². The molecule has 0 aromatic heterocycles. The van der Waals surface area contributed by atoms with Gasteiger partial charge in [0, 0.05) is 18.3 Å². The van der Waals surface area contributed by atoms with Gasteiger partial charge in [-0.1, -0.05) is 0 Å². The van der Waals surface area contributed by atoms with Gasteiger partial charge in [-0.15, -0.1) is 0 Å². The molecule has 0 fully saturated rings. The lowest BCUT2D eigenvalue weighted by Crippen LogP contribution is -2.22. The van der Waals surface area contributed by atoms with Gasteiger partial charge in [0.25, 0.3) is 0 Å². The minimum absolute atomic E-state index is 0.124. The van der Waals surface area contributed by atoms with E-state index < -0.39 is 10.0 Å². The van der Waals surface area contributed by atoms with Crippen LogP contribution in [0, 0.1) is 0 Å². The maximum atomic E-state index is 10.7. The normalized spacial score (nSPS) is 11.0. The van der Waals surface area contributed by atoms with Crippen LogP contribution in [-0.4, -0.2) is 34.9 Å². The fourth-order valence-electron chi connectivity index (χ4n) is 1.28. The third-order valence-electron chi connectivity index (χ3n) is 2.10. The van der Waals surface area contributed by atoms with Crippen LogP contribution in [0.5, 0.6) is 11.5 Å². The van der Waals surface area contributed by atoms with Crippen LogP contribution in [-0.2, 0) is 10.0 Å². The summed E-state index contributed by atoms with van der Waals surface area (Å²) in [5, 5.41) is 7.82. The zero-order valence-electron chi connectivity index (χ0n) is 9.76. The van der Waals surface area contributed by atoms with Crippen molar-refractivity contribution in [3.63, 3.8) is 0 Å². The van der Waals surface area contributed by atoms with Crippen molar-refractivity contribution in [3.8, 4) is 11.5 Å². The van der Waals surface area contributed by atoms with Gasteiger partial charge in [-0.2, -0.15) is 0 Å². The molecule has 3 N–H and O–H groups in total. The largest absolute Gasteiger partial charge is 0.493 e. The number of primary sulfonamides is 1. The van der Waals surface area contributed by atoms with Crippen LogP contribution in [0.4, 0.5) is 5.69 Å². The molecular weight excluding hydrogens is 244 g/mol. The van der Waals surface area contributed by atoms with Crippen LogP contribution in [0.1, 0.15) is 0 Å². The lowest BCUT2D eigenvalue weighted by Gasteiger charge is -2.10. The monoisotopic (exact) mass is 260 g/mol. The fraction of sp³-hybridized carbons (Fsp3) is 0.400. The van der Waals surface area contributed by atoms with E-state index in [9.17, 15) is 8.42 Å². The Kier molecular flexibility index (Phi) is 4.59. The molecule has 96 valence electrons. The standard InChI is InChI=1S/C10H16N2O4S/c1-15-9-4-3-8(7-10(9)16-2)12-5-6-17(11,13)14/h3-4,7,12H,5-6H2,1-2H3,(H2,11,13,14). The molecule has 1 aromatic rings. The van der Waals surface area contributed by atoms with E-state index in [4.69, 9.17) is 14.6 Å². The van der Waals surface area contributed by atoms with Gasteiger partial charge in [-0.3, -0.25) is 0 Å². The number of sulfonamides is 1. The van der Waals surface area contributed by atoms with Crippen molar-refractivity contribution in [1.29, 1.82) is 0 Å². The molecule has 1 aromatic carbocycles. The zero-order valence-corrected chi connectivity index (χ0v) is 10.6. The predicted octanol–water partition coefficient (Wildman–Crippen LogP) is 0.404. The molecule has 0 aliphatic carbocycles. The Bertz CT molecular complexity index is 473. The van der Waals surface area contributed by atoms with Gasteiger partial charge in [-0.05, 0) is 12.1 Å². The summed E-state index contributed by atoms with van der Waals surface area (Å²) < 4.78 is 31.7. The lowest BCUT2D eigenvalue weighted by atomic mass is 10.2. The van der Waals surface area contributed by atoms with Crippen molar-refractivity contribution in [3.05, 3.63) is 18.2 Å². The molecule has 7 heteroatoms. The van der Waals surface area contributed by atoms with Gasteiger partial charge in [0.05, 0.1) is 20.0 Å². The second-order valence-corrected chi connectivity index (χ2v) is 5.10. The van der Waals surface area contributed by atoms with E-state index >= 15 is 0 Å². The second-order valence-electron chi connectivity index (χ2n) is 3.36. The predicted molar refractivity (Wildman–Crippen MR) is 66.0 cm³/mol. The molecule has 0 heterocycles. The molecule has 0 saturated carbocycles. The second kappa shape index (κ2) is 5.74. The molecule has 0 amide bonds. The number of nitrogens with two attached hydrogens (primary N) is 1. The summed E-state index contributed by atoms with van der Waals surface area (Å²) >= 11 is 0. The first-order valence-electron chi connectivity index (χ1n) is 4.92. The van der Waals surface area contributed by atoms with E-state index in [1.807, 2.05) is 0 Å². The Balaban J connectivity index is 2.66. The third kappa shape index (κ3) is 4.49. The summed E-state index contributed by atoms with van der Waals surface area (Å²) in [6, 6.07) is 5.23. The van der Waals surface area contributed by atoms with E-state index in [1.54, 1.807) is 25.3 Å². The molecule has 0 aliphatic rings. The highest BCUT2D eigenvalue weighted by atomic mass is 32.2. The van der Waals surface area contributed by atoms with Gasteiger partial charge in [0.15, 0.2) is 11.5 Å². The Morgan fingerprint density at radius 3 is 2.41 bits per heavy atom. The van der Waals surface area contributed by atoms with Crippen LogP contribution >= 0.6 is 0 Å². The van der Waals surface area contributed by atoms with E-state index in [0.29, 0.717) is 11.5 Å². The quantitative estimate of drug-likeness (QED) is 0.772. The van der Waals surface area contributed by atoms with E-state index in [1.165, 1.54) is 7.11 Å². The zero-order chi connectivity index (χ0) is 12.9. The molecule has 0 aliphatic heterocycles. The highest BCUT2D eigenvalue weighted by Crippen LogP contribution is 2.29. The Hall–Kier alpha value is -1.47. The fourth-order valence-corrected chi connectivity index (χ4v) is 1.67. The summed E-state index contributed by atoms with van der Waals surface area (Å²) in [4.78, 5) is 0. The third-order valence-corrected chi connectivity index (χ3v) is 2.87. The molecule has 0 unspecified atom stereocenters. The van der Waals surface area contributed by atoms with Crippen molar-refractivity contribution in [2.75, 3.05) is 31.8 Å². The number of hydrogen-bond acceptors (Lipinski definition) is 5. The Morgan fingerprint density at radius 2 is 1.88 bits per heavy atom. The van der Waals surface area contributed by atoms with Gasteiger partial charge in [-0.25, -0.2) is 13.6 Å². The highest BCUT2D eigenvalue weighted by molar-refractivity contribution is 7.89. The molecule has 0 radical (unpaired) electrons. The minimum atomic E-state index is -3.44. The van der Waals surface area contributed by atoms with Gasteiger partial charge in [0.1, 0.15) is 0 Å². The molecule has 0 spiro atoms. The lowest BCUT2D eigenvalue weighted by molar-refractivity contribution is 0.355. The van der Waals surface area contributed by atoms with Crippen LogP contribution in [0.2, 0.25) is 0 Å². The number of nitrogens with one attached hydrogen (secondary N) is 1. The summed E-state index contributed by atoms with van der Waals surface area (Å²) in [7, 11) is -0.360. The maximum Gasteiger partial charge on any atom is 0.210 e. The van der Waals surface area contributed by atoms with Crippen molar-refractivity contribution in [2.24, 2.45) is 5.14 Å². The number of methoxy groups -OCH3 is 2. The number of rotatable bonds is 6. The number of benzene rings is 1. The van der Waals surface area contributed by atoms with Crippen molar-refractivity contribution >= 4 is 15.7 Å². The topological polar surface area (TPSA) is 90.6 Å². The Labute approximate surface area is 101 Å². The molecule has 0 bridgehead atoms. The molecule has 6 nitrogen and oxygen atoms in total. The van der Waals surface area contributed by atoms with E-state index in [2.05, 4.69) is 5.32 Å². The molecular formula is C10H16N2O4S. The highest BCUT2D eigenvalue weighted by Gasteiger charge is 2.05. The number of hydrogen-bond donors (Lipinski definition) is 2. The first-order valence-corrected chi connectivity index (χ1v) is 6.64. The average Bonchev–Trinajstić information content (AvgIpc) is 2.27. The SMILES string of the molecule is COc1ccc(NCCS(N)(=O)=O)cc1OC. The number of ether oxygens (including phenoxy) is 2. The van der Waals surface area contributed by atoms with Crippen LogP contribution < -0.4 is 19.9 Å². The van der Waals surface area contributed by atoms with Crippen molar-refractivity contribution in [2.45, 2.75) is 0 Å². The maximum absolute atomic E-state index is 10.7. The smallest absolute Gasteiger partial charge is 0.210 e. The summed E-state index contributed by atoms with van der Waals surface area (Å²) in [6.45, 7) is 0.244.